The van der Waals surface area contributed by atoms with Gasteiger partial charge in [0.05, 0.1) is 6.10 Å². The molecule has 0 aliphatic carbocycles. The maximum atomic E-state index is 5.56. The molecule has 1 N–H and O–H groups in total. The molecule has 0 amide bonds. The third-order valence-corrected chi connectivity index (χ3v) is 1.92. The summed E-state index contributed by atoms with van der Waals surface area (Å²) in [4.78, 5) is 0. The molecule has 1 aliphatic heterocycles. The van der Waals surface area contributed by atoms with Gasteiger partial charge >= 0.3 is 0 Å². The van der Waals surface area contributed by atoms with Crippen LogP contribution in [0.2, 0.25) is 0 Å². The van der Waals surface area contributed by atoms with Gasteiger partial charge in [-0.15, -0.1) is 6.42 Å². The standard InChI is InChI=1S/C9H15NO/c1-3-8(2)11-9-4-6-10-7-5-9/h1,8-10H,4-7H2,2H3. The Hall–Kier alpha value is -0.520. The molecule has 0 bridgehead atoms. The van der Waals surface area contributed by atoms with E-state index in [9.17, 15) is 0 Å². The number of terminal acetylenes is 1. The fourth-order valence-electron chi connectivity index (χ4n) is 1.26. The molecular weight excluding hydrogens is 138 g/mol. The van der Waals surface area contributed by atoms with Crippen molar-refractivity contribution in [2.24, 2.45) is 0 Å². The van der Waals surface area contributed by atoms with Crippen LogP contribution in [-0.2, 0) is 4.74 Å². The van der Waals surface area contributed by atoms with Crippen molar-refractivity contribution in [2.45, 2.75) is 32.0 Å². The van der Waals surface area contributed by atoms with E-state index in [0.29, 0.717) is 6.10 Å². The van der Waals surface area contributed by atoms with E-state index < -0.39 is 0 Å². The second-order valence-corrected chi connectivity index (χ2v) is 2.89. The summed E-state index contributed by atoms with van der Waals surface area (Å²) >= 11 is 0. The van der Waals surface area contributed by atoms with Crippen LogP contribution in [-0.4, -0.2) is 25.3 Å². The Balaban J connectivity index is 2.20. The minimum atomic E-state index is -0.0295. The van der Waals surface area contributed by atoms with E-state index >= 15 is 0 Å². The van der Waals surface area contributed by atoms with Crippen LogP contribution in [0.3, 0.4) is 0 Å². The van der Waals surface area contributed by atoms with Gasteiger partial charge in [0.1, 0.15) is 6.10 Å². The first-order valence-electron chi connectivity index (χ1n) is 4.15. The van der Waals surface area contributed by atoms with E-state index in [1.807, 2.05) is 6.92 Å². The van der Waals surface area contributed by atoms with Gasteiger partial charge in [-0.2, -0.15) is 0 Å². The lowest BCUT2D eigenvalue weighted by atomic mass is 10.1. The lowest BCUT2D eigenvalue weighted by Gasteiger charge is -2.24. The molecule has 1 heterocycles. The van der Waals surface area contributed by atoms with E-state index in [1.54, 1.807) is 0 Å². The zero-order valence-electron chi connectivity index (χ0n) is 6.97. The Bertz CT molecular complexity index is 144. The Kier molecular flexibility index (Phi) is 3.41. The number of hydrogen-bond acceptors (Lipinski definition) is 2. The van der Waals surface area contributed by atoms with Crippen LogP contribution in [0.5, 0.6) is 0 Å². The predicted molar refractivity (Wildman–Crippen MR) is 45.3 cm³/mol. The topological polar surface area (TPSA) is 21.3 Å². The minimum Gasteiger partial charge on any atom is -0.363 e. The fourth-order valence-corrected chi connectivity index (χ4v) is 1.26. The molecule has 1 fully saturated rings. The third kappa shape index (κ3) is 2.92. The molecule has 1 unspecified atom stereocenters. The summed E-state index contributed by atoms with van der Waals surface area (Å²) in [5.41, 5.74) is 0. The van der Waals surface area contributed by atoms with Crippen molar-refractivity contribution in [2.75, 3.05) is 13.1 Å². The molecule has 1 aliphatic rings. The van der Waals surface area contributed by atoms with Gasteiger partial charge in [-0.25, -0.2) is 0 Å². The number of hydrogen-bond donors (Lipinski definition) is 1. The fraction of sp³-hybridized carbons (Fsp3) is 0.778. The zero-order valence-corrected chi connectivity index (χ0v) is 6.97. The quantitative estimate of drug-likeness (QED) is 0.592. The van der Waals surface area contributed by atoms with Crippen molar-refractivity contribution in [3.05, 3.63) is 0 Å². The SMILES string of the molecule is C#CC(C)OC1CCNCC1. The highest BCUT2D eigenvalue weighted by Crippen LogP contribution is 2.09. The highest BCUT2D eigenvalue weighted by Gasteiger charge is 2.14. The molecule has 11 heavy (non-hydrogen) atoms. The average molecular weight is 153 g/mol. The van der Waals surface area contributed by atoms with Crippen LogP contribution in [0.1, 0.15) is 19.8 Å². The van der Waals surface area contributed by atoms with E-state index in [2.05, 4.69) is 11.2 Å². The van der Waals surface area contributed by atoms with Crippen LogP contribution in [0.25, 0.3) is 0 Å². The summed E-state index contributed by atoms with van der Waals surface area (Å²) in [7, 11) is 0. The molecule has 0 spiro atoms. The highest BCUT2D eigenvalue weighted by molar-refractivity contribution is 4.92. The molecule has 0 radical (unpaired) electrons. The molecule has 1 rings (SSSR count). The first kappa shape index (κ1) is 8.58. The molecule has 62 valence electrons. The molecule has 0 aromatic carbocycles. The maximum Gasteiger partial charge on any atom is 0.115 e. The number of nitrogens with one attached hydrogen (secondary N) is 1. The number of ether oxygens (including phenoxy) is 1. The maximum absolute atomic E-state index is 5.56. The first-order chi connectivity index (χ1) is 5.33. The molecule has 1 saturated heterocycles. The van der Waals surface area contributed by atoms with Gasteiger partial charge in [-0.05, 0) is 32.9 Å². The lowest BCUT2D eigenvalue weighted by molar-refractivity contribution is 0.00977. The number of piperidine rings is 1. The van der Waals surface area contributed by atoms with Gasteiger partial charge in [0.15, 0.2) is 0 Å². The van der Waals surface area contributed by atoms with Crippen molar-refractivity contribution >= 4 is 0 Å². The molecule has 1 atom stereocenters. The second kappa shape index (κ2) is 4.38. The van der Waals surface area contributed by atoms with Crippen LogP contribution in [0.4, 0.5) is 0 Å². The normalized spacial score (nSPS) is 22.5. The van der Waals surface area contributed by atoms with Gasteiger partial charge in [-0.3, -0.25) is 0 Å². The monoisotopic (exact) mass is 153 g/mol. The Morgan fingerprint density at radius 2 is 2.18 bits per heavy atom. The van der Waals surface area contributed by atoms with E-state index in [0.717, 1.165) is 25.9 Å². The zero-order chi connectivity index (χ0) is 8.10. The summed E-state index contributed by atoms with van der Waals surface area (Å²) in [6.45, 7) is 4.03. The molecule has 0 saturated carbocycles. The van der Waals surface area contributed by atoms with E-state index in [-0.39, 0.29) is 6.10 Å². The average Bonchev–Trinajstić information content (AvgIpc) is 2.06. The van der Waals surface area contributed by atoms with Crippen LogP contribution in [0.15, 0.2) is 0 Å². The van der Waals surface area contributed by atoms with Crippen molar-refractivity contribution < 1.29 is 4.74 Å². The first-order valence-corrected chi connectivity index (χ1v) is 4.15. The van der Waals surface area contributed by atoms with Crippen LogP contribution in [0, 0.1) is 12.3 Å². The predicted octanol–water partition coefficient (Wildman–Crippen LogP) is 0.777. The van der Waals surface area contributed by atoms with Gasteiger partial charge in [0.2, 0.25) is 0 Å². The summed E-state index contributed by atoms with van der Waals surface area (Å²) in [6, 6.07) is 0. The molecule has 2 nitrogen and oxygen atoms in total. The molecule has 0 aromatic heterocycles. The lowest BCUT2D eigenvalue weighted by Crippen LogP contribution is -2.34. The van der Waals surface area contributed by atoms with E-state index in [4.69, 9.17) is 11.2 Å². The van der Waals surface area contributed by atoms with Gasteiger partial charge in [0.25, 0.3) is 0 Å². The van der Waals surface area contributed by atoms with Gasteiger partial charge in [0, 0.05) is 0 Å². The van der Waals surface area contributed by atoms with Gasteiger partial charge in [-0.1, -0.05) is 5.92 Å². The minimum absolute atomic E-state index is 0.0295. The summed E-state index contributed by atoms with van der Waals surface area (Å²) in [5.74, 6) is 2.57. The van der Waals surface area contributed by atoms with E-state index in [1.165, 1.54) is 0 Å². The summed E-state index contributed by atoms with van der Waals surface area (Å²) in [5, 5.41) is 3.27. The molecule has 2 heteroatoms. The molecular formula is C9H15NO. The second-order valence-electron chi connectivity index (χ2n) is 2.89. The Morgan fingerprint density at radius 3 is 2.73 bits per heavy atom. The molecule has 0 aromatic rings. The van der Waals surface area contributed by atoms with Crippen LogP contribution < -0.4 is 5.32 Å². The van der Waals surface area contributed by atoms with Crippen molar-refractivity contribution in [3.8, 4) is 12.3 Å². The highest BCUT2D eigenvalue weighted by atomic mass is 16.5. The third-order valence-electron chi connectivity index (χ3n) is 1.92. The smallest absolute Gasteiger partial charge is 0.115 e. The van der Waals surface area contributed by atoms with Crippen molar-refractivity contribution in [1.29, 1.82) is 0 Å². The largest absolute Gasteiger partial charge is 0.363 e. The van der Waals surface area contributed by atoms with Crippen molar-refractivity contribution in [3.63, 3.8) is 0 Å². The van der Waals surface area contributed by atoms with Crippen molar-refractivity contribution in [1.82, 2.24) is 5.32 Å². The summed E-state index contributed by atoms with van der Waals surface area (Å²) in [6.07, 6.45) is 7.72. The van der Waals surface area contributed by atoms with Crippen LogP contribution >= 0.6 is 0 Å². The Morgan fingerprint density at radius 1 is 1.55 bits per heavy atom. The number of rotatable bonds is 2. The van der Waals surface area contributed by atoms with Gasteiger partial charge < -0.3 is 10.1 Å². The summed E-state index contributed by atoms with van der Waals surface area (Å²) < 4.78 is 5.56. The Labute approximate surface area is 68.3 Å².